The highest BCUT2D eigenvalue weighted by Crippen LogP contribution is 2.32. The normalized spacial score (nSPS) is 25.5. The lowest BCUT2D eigenvalue weighted by Crippen LogP contribution is -2.42. The van der Waals surface area contributed by atoms with Crippen molar-refractivity contribution in [1.29, 1.82) is 0 Å². The molecule has 1 amide bonds. The largest absolute Gasteiger partial charge is 0.480 e. The number of carbonyl (C=O) groups is 2. The molecule has 21 heavy (non-hydrogen) atoms. The molecule has 1 aliphatic heterocycles. The average Bonchev–Trinajstić information content (AvgIpc) is 2.96. The topological polar surface area (TPSA) is 57.6 Å². The number of likely N-dealkylation sites (tertiary alicyclic amines) is 1. The number of carboxylic acid groups (broad SMARTS) is 1. The average molecular weight is 307 g/mol. The lowest BCUT2D eigenvalue weighted by molar-refractivity contribution is -0.142. The summed E-state index contributed by atoms with van der Waals surface area (Å²) in [6, 6.07) is 1.34. The van der Waals surface area contributed by atoms with Crippen LogP contribution in [0.4, 0.5) is 0 Å². The van der Waals surface area contributed by atoms with E-state index in [2.05, 4.69) is 0 Å². The van der Waals surface area contributed by atoms with E-state index < -0.39 is 12.0 Å². The van der Waals surface area contributed by atoms with E-state index in [4.69, 9.17) is 0 Å². The maximum absolute atomic E-state index is 12.7. The maximum Gasteiger partial charge on any atom is 0.326 e. The number of nitrogens with zero attached hydrogens (tertiary/aromatic N) is 1. The van der Waals surface area contributed by atoms with Gasteiger partial charge >= 0.3 is 5.97 Å². The molecule has 3 rings (SSSR count). The Kier molecular flexibility index (Phi) is 4.02. The molecular weight excluding hydrogens is 286 g/mol. The van der Waals surface area contributed by atoms with Crippen molar-refractivity contribution < 1.29 is 14.7 Å². The first-order chi connectivity index (χ1) is 10.1. The molecule has 0 bridgehead atoms. The summed E-state index contributed by atoms with van der Waals surface area (Å²) in [6.45, 7) is 2.47. The lowest BCUT2D eigenvalue weighted by Gasteiger charge is -2.22. The van der Waals surface area contributed by atoms with Crippen molar-refractivity contribution >= 4 is 23.2 Å². The number of aliphatic carboxylic acids is 1. The Labute approximate surface area is 128 Å². The van der Waals surface area contributed by atoms with E-state index in [1.807, 2.05) is 13.0 Å². The zero-order valence-corrected chi connectivity index (χ0v) is 13.1. The van der Waals surface area contributed by atoms with Crippen LogP contribution in [0.25, 0.3) is 0 Å². The SMILES string of the molecule is CC1CCN(C(=O)c2cc3c(s2)CCCCC3)C1C(=O)O. The Morgan fingerprint density at radius 1 is 1.29 bits per heavy atom. The van der Waals surface area contributed by atoms with Gasteiger partial charge in [0, 0.05) is 11.4 Å². The van der Waals surface area contributed by atoms with Gasteiger partial charge < -0.3 is 10.0 Å². The second kappa shape index (κ2) is 5.79. The van der Waals surface area contributed by atoms with Crippen molar-refractivity contribution in [3.05, 3.63) is 21.4 Å². The molecule has 1 N–H and O–H groups in total. The van der Waals surface area contributed by atoms with Crippen molar-refractivity contribution in [2.45, 2.75) is 51.5 Å². The number of hydrogen-bond acceptors (Lipinski definition) is 3. The van der Waals surface area contributed by atoms with Crippen molar-refractivity contribution in [2.24, 2.45) is 5.92 Å². The van der Waals surface area contributed by atoms with Crippen LogP contribution in [0.15, 0.2) is 6.07 Å². The van der Waals surface area contributed by atoms with Crippen LogP contribution in [0.1, 0.15) is 52.7 Å². The number of carboxylic acids is 1. The van der Waals surface area contributed by atoms with Gasteiger partial charge in [0.25, 0.3) is 5.91 Å². The van der Waals surface area contributed by atoms with Crippen LogP contribution >= 0.6 is 11.3 Å². The Bertz CT molecular complexity index is 542. The number of hydrogen-bond donors (Lipinski definition) is 1. The fourth-order valence-electron chi connectivity index (χ4n) is 3.47. The van der Waals surface area contributed by atoms with Gasteiger partial charge in [0.15, 0.2) is 0 Å². The molecule has 0 spiro atoms. The van der Waals surface area contributed by atoms with Gasteiger partial charge in [-0.1, -0.05) is 13.3 Å². The molecule has 0 radical (unpaired) electrons. The Balaban J connectivity index is 1.84. The second-order valence-corrected chi connectivity index (χ2v) is 7.30. The minimum Gasteiger partial charge on any atom is -0.480 e. The third-order valence-electron chi connectivity index (χ3n) is 4.67. The molecule has 2 unspecified atom stereocenters. The molecule has 0 aromatic carbocycles. The monoisotopic (exact) mass is 307 g/mol. The fraction of sp³-hybridized carbons (Fsp3) is 0.625. The molecule has 114 valence electrons. The molecule has 1 aliphatic carbocycles. The molecule has 2 aliphatic rings. The van der Waals surface area contributed by atoms with E-state index in [1.54, 1.807) is 16.2 Å². The van der Waals surface area contributed by atoms with Crippen LogP contribution in [-0.2, 0) is 17.6 Å². The molecular formula is C16H21NO3S. The third-order valence-corrected chi connectivity index (χ3v) is 5.90. The summed E-state index contributed by atoms with van der Waals surface area (Å²) in [5.74, 6) is -0.944. The first kappa shape index (κ1) is 14.6. The third kappa shape index (κ3) is 2.71. The van der Waals surface area contributed by atoms with Crippen LogP contribution in [0.3, 0.4) is 0 Å². The molecule has 0 saturated carbocycles. The van der Waals surface area contributed by atoms with Crippen LogP contribution in [0.2, 0.25) is 0 Å². The molecule has 4 nitrogen and oxygen atoms in total. The first-order valence-corrected chi connectivity index (χ1v) is 8.55. The van der Waals surface area contributed by atoms with E-state index in [-0.39, 0.29) is 11.8 Å². The summed E-state index contributed by atoms with van der Waals surface area (Å²) in [5, 5.41) is 9.36. The van der Waals surface area contributed by atoms with Crippen LogP contribution in [-0.4, -0.2) is 34.5 Å². The van der Waals surface area contributed by atoms with Crippen LogP contribution in [0, 0.1) is 5.92 Å². The molecule has 1 fully saturated rings. The van der Waals surface area contributed by atoms with E-state index in [0.29, 0.717) is 6.54 Å². The van der Waals surface area contributed by atoms with Gasteiger partial charge in [-0.15, -0.1) is 11.3 Å². The minimum absolute atomic E-state index is 0.0317. The van der Waals surface area contributed by atoms with Gasteiger partial charge in [-0.05, 0) is 49.7 Å². The van der Waals surface area contributed by atoms with E-state index in [1.165, 1.54) is 29.7 Å². The van der Waals surface area contributed by atoms with Gasteiger partial charge in [0.1, 0.15) is 6.04 Å². The number of rotatable bonds is 2. The molecule has 2 atom stereocenters. The van der Waals surface area contributed by atoms with Gasteiger partial charge in [0.2, 0.25) is 0 Å². The van der Waals surface area contributed by atoms with Gasteiger partial charge in [0.05, 0.1) is 4.88 Å². The lowest BCUT2D eigenvalue weighted by atomic mass is 10.0. The maximum atomic E-state index is 12.7. The summed E-state index contributed by atoms with van der Waals surface area (Å²) in [5.41, 5.74) is 1.31. The number of thiophene rings is 1. The molecule has 1 aromatic rings. The van der Waals surface area contributed by atoms with E-state index in [9.17, 15) is 14.7 Å². The predicted octanol–water partition coefficient (Wildman–Crippen LogP) is 2.95. The summed E-state index contributed by atoms with van der Waals surface area (Å²) >= 11 is 1.57. The standard InChI is InChI=1S/C16H21NO3S/c1-10-7-8-17(14(10)16(19)20)15(18)13-9-11-5-3-2-4-6-12(11)21-13/h9-10,14H,2-8H2,1H3,(H,19,20). The van der Waals surface area contributed by atoms with Crippen molar-refractivity contribution in [2.75, 3.05) is 6.54 Å². The second-order valence-electron chi connectivity index (χ2n) is 6.17. The predicted molar refractivity (Wildman–Crippen MR) is 81.8 cm³/mol. The van der Waals surface area contributed by atoms with Crippen LogP contribution in [0.5, 0.6) is 0 Å². The van der Waals surface area contributed by atoms with E-state index >= 15 is 0 Å². The Hall–Kier alpha value is -1.36. The Morgan fingerprint density at radius 3 is 2.81 bits per heavy atom. The van der Waals surface area contributed by atoms with Gasteiger partial charge in [-0.25, -0.2) is 4.79 Å². The van der Waals surface area contributed by atoms with E-state index in [0.717, 1.165) is 24.1 Å². The Morgan fingerprint density at radius 2 is 2.05 bits per heavy atom. The number of aryl methyl sites for hydroxylation is 2. The van der Waals surface area contributed by atoms with Crippen LogP contribution < -0.4 is 0 Å². The summed E-state index contributed by atoms with van der Waals surface area (Å²) in [4.78, 5) is 27.7. The zero-order valence-electron chi connectivity index (χ0n) is 12.3. The van der Waals surface area contributed by atoms with Crippen molar-refractivity contribution in [3.63, 3.8) is 0 Å². The fourth-order valence-corrected chi connectivity index (χ4v) is 4.68. The number of carbonyl (C=O) groups excluding carboxylic acids is 1. The summed E-state index contributed by atoms with van der Waals surface area (Å²) in [7, 11) is 0. The summed E-state index contributed by atoms with van der Waals surface area (Å²) in [6.07, 6.45) is 6.53. The van der Waals surface area contributed by atoms with Gasteiger partial charge in [-0.2, -0.15) is 0 Å². The minimum atomic E-state index is -0.883. The van der Waals surface area contributed by atoms with Crippen molar-refractivity contribution in [1.82, 2.24) is 4.90 Å². The smallest absolute Gasteiger partial charge is 0.326 e. The zero-order chi connectivity index (χ0) is 15.0. The highest BCUT2D eigenvalue weighted by Gasteiger charge is 2.40. The first-order valence-electron chi connectivity index (χ1n) is 7.73. The molecule has 2 heterocycles. The summed E-state index contributed by atoms with van der Waals surface area (Å²) < 4.78 is 0. The number of fused-ring (bicyclic) bond motifs is 1. The molecule has 1 aromatic heterocycles. The quantitative estimate of drug-likeness (QED) is 0.855. The van der Waals surface area contributed by atoms with Gasteiger partial charge in [-0.3, -0.25) is 4.79 Å². The number of amides is 1. The highest BCUT2D eigenvalue weighted by molar-refractivity contribution is 7.14. The van der Waals surface area contributed by atoms with Crippen molar-refractivity contribution in [3.8, 4) is 0 Å². The molecule has 1 saturated heterocycles. The highest BCUT2D eigenvalue weighted by atomic mass is 32.1. The molecule has 5 heteroatoms.